The molecular weight excluding hydrogens is 171 g/mol. The third kappa shape index (κ3) is 13.0. The molecule has 0 aromatic heterocycles. The van der Waals surface area contributed by atoms with E-state index in [0.29, 0.717) is 0 Å². The average Bonchev–Trinajstić information content (AvgIpc) is 2.10. The van der Waals surface area contributed by atoms with E-state index in [1.807, 2.05) is 6.92 Å². The standard InChI is InChI=1S/C11H24O.Na.H/c1-3-5-6-7-8-9-10-11(12)4-2;;/h11-12H,3-10H2,1-2H3;;. The van der Waals surface area contributed by atoms with Gasteiger partial charge < -0.3 is 5.11 Å². The van der Waals surface area contributed by atoms with Crippen molar-refractivity contribution in [2.45, 2.75) is 71.3 Å². The Bertz CT molecular complexity index is 86.2. The summed E-state index contributed by atoms with van der Waals surface area (Å²) in [5, 5.41) is 9.26. The van der Waals surface area contributed by atoms with E-state index < -0.39 is 0 Å². The first-order valence-corrected chi connectivity index (χ1v) is 5.49. The van der Waals surface area contributed by atoms with Crippen LogP contribution in [0.25, 0.3) is 0 Å². The number of aliphatic hydroxyl groups excluding tert-OH is 1. The van der Waals surface area contributed by atoms with E-state index in [1.54, 1.807) is 0 Å². The van der Waals surface area contributed by atoms with Crippen LogP contribution >= 0.6 is 0 Å². The Morgan fingerprint density at radius 3 is 2.00 bits per heavy atom. The van der Waals surface area contributed by atoms with Crippen LogP contribution in [-0.2, 0) is 0 Å². The van der Waals surface area contributed by atoms with Gasteiger partial charge in [-0.05, 0) is 12.8 Å². The zero-order valence-corrected chi connectivity index (χ0v) is 8.68. The Labute approximate surface area is 106 Å². The normalized spacial score (nSPS) is 12.2. The van der Waals surface area contributed by atoms with Gasteiger partial charge in [0.2, 0.25) is 0 Å². The fraction of sp³-hybridized carbons (Fsp3) is 1.00. The molecule has 0 radical (unpaired) electrons. The van der Waals surface area contributed by atoms with Crippen LogP contribution in [0.15, 0.2) is 0 Å². The van der Waals surface area contributed by atoms with E-state index in [-0.39, 0.29) is 35.7 Å². The van der Waals surface area contributed by atoms with Crippen molar-refractivity contribution in [3.63, 3.8) is 0 Å². The summed E-state index contributed by atoms with van der Waals surface area (Å²) in [5.74, 6) is 0. The zero-order valence-electron chi connectivity index (χ0n) is 8.68. The minimum absolute atomic E-state index is 0. The van der Waals surface area contributed by atoms with Gasteiger partial charge in [-0.3, -0.25) is 0 Å². The summed E-state index contributed by atoms with van der Waals surface area (Å²) >= 11 is 0. The Kier molecular flexibility index (Phi) is 16.3. The van der Waals surface area contributed by atoms with E-state index >= 15 is 0 Å². The first kappa shape index (κ1) is 16.4. The maximum absolute atomic E-state index is 9.26. The molecule has 0 aromatic carbocycles. The molecule has 76 valence electrons. The molecule has 0 rings (SSSR count). The molecule has 0 saturated carbocycles. The van der Waals surface area contributed by atoms with Gasteiger partial charge in [-0.2, -0.15) is 0 Å². The summed E-state index contributed by atoms with van der Waals surface area (Å²) in [4.78, 5) is 0. The van der Waals surface area contributed by atoms with Crippen molar-refractivity contribution in [2.75, 3.05) is 0 Å². The quantitative estimate of drug-likeness (QED) is 0.467. The number of aliphatic hydroxyl groups is 1. The second-order valence-electron chi connectivity index (χ2n) is 3.62. The van der Waals surface area contributed by atoms with Crippen molar-refractivity contribution in [2.24, 2.45) is 0 Å². The molecule has 0 spiro atoms. The first-order valence-electron chi connectivity index (χ1n) is 5.49. The van der Waals surface area contributed by atoms with Crippen LogP contribution in [0, 0.1) is 0 Å². The van der Waals surface area contributed by atoms with Crippen LogP contribution in [0.5, 0.6) is 0 Å². The van der Waals surface area contributed by atoms with Crippen LogP contribution in [-0.4, -0.2) is 40.8 Å². The predicted octanol–water partition coefficient (Wildman–Crippen LogP) is 2.86. The summed E-state index contributed by atoms with van der Waals surface area (Å²) < 4.78 is 0. The molecule has 1 unspecified atom stereocenters. The Morgan fingerprint density at radius 2 is 1.46 bits per heavy atom. The topological polar surface area (TPSA) is 20.2 Å². The van der Waals surface area contributed by atoms with Crippen LogP contribution in [0.2, 0.25) is 0 Å². The van der Waals surface area contributed by atoms with Crippen LogP contribution in [0.1, 0.15) is 65.2 Å². The molecule has 0 saturated heterocycles. The molecule has 0 aliphatic heterocycles. The number of hydrogen-bond acceptors (Lipinski definition) is 1. The van der Waals surface area contributed by atoms with Crippen LogP contribution in [0.4, 0.5) is 0 Å². The monoisotopic (exact) mass is 196 g/mol. The fourth-order valence-corrected chi connectivity index (χ4v) is 1.36. The molecule has 2 heteroatoms. The molecule has 1 N–H and O–H groups in total. The summed E-state index contributed by atoms with van der Waals surface area (Å²) in [6.07, 6.45) is 9.79. The second kappa shape index (κ2) is 13.0. The van der Waals surface area contributed by atoms with Gasteiger partial charge in [0.25, 0.3) is 0 Å². The predicted molar refractivity (Wildman–Crippen MR) is 61.4 cm³/mol. The van der Waals surface area contributed by atoms with Gasteiger partial charge in [0, 0.05) is 0 Å². The number of unbranched alkanes of at least 4 members (excludes halogenated alkanes) is 5. The molecule has 0 heterocycles. The van der Waals surface area contributed by atoms with Crippen molar-refractivity contribution in [3.05, 3.63) is 0 Å². The molecule has 0 bridgehead atoms. The van der Waals surface area contributed by atoms with E-state index in [1.165, 1.54) is 38.5 Å². The summed E-state index contributed by atoms with van der Waals surface area (Å²) in [6.45, 7) is 4.28. The molecule has 0 aliphatic rings. The third-order valence-corrected chi connectivity index (χ3v) is 2.36. The molecule has 1 nitrogen and oxygen atoms in total. The maximum atomic E-state index is 9.26. The number of hydrogen-bond donors (Lipinski definition) is 1. The Morgan fingerprint density at radius 1 is 0.923 bits per heavy atom. The van der Waals surface area contributed by atoms with Gasteiger partial charge >= 0.3 is 29.6 Å². The molecule has 0 aromatic rings. The van der Waals surface area contributed by atoms with Gasteiger partial charge in [-0.25, -0.2) is 0 Å². The van der Waals surface area contributed by atoms with Gasteiger partial charge in [-0.15, -0.1) is 0 Å². The van der Waals surface area contributed by atoms with E-state index in [0.717, 1.165) is 12.8 Å². The van der Waals surface area contributed by atoms with Crippen molar-refractivity contribution in [1.29, 1.82) is 0 Å². The summed E-state index contributed by atoms with van der Waals surface area (Å²) in [6, 6.07) is 0. The van der Waals surface area contributed by atoms with E-state index in [9.17, 15) is 5.11 Å². The molecule has 0 fully saturated rings. The zero-order chi connectivity index (χ0) is 9.23. The van der Waals surface area contributed by atoms with E-state index in [2.05, 4.69) is 6.92 Å². The fourth-order valence-electron chi connectivity index (χ4n) is 1.36. The molecular formula is C11H25NaO. The molecule has 0 aliphatic carbocycles. The van der Waals surface area contributed by atoms with Crippen molar-refractivity contribution in [3.8, 4) is 0 Å². The van der Waals surface area contributed by atoms with Gasteiger partial charge in [-0.1, -0.05) is 52.4 Å². The van der Waals surface area contributed by atoms with Crippen molar-refractivity contribution in [1.82, 2.24) is 0 Å². The third-order valence-electron chi connectivity index (χ3n) is 2.36. The average molecular weight is 196 g/mol. The molecule has 1 atom stereocenters. The SMILES string of the molecule is CCCCCCCCC(O)CC.[NaH]. The van der Waals surface area contributed by atoms with E-state index in [4.69, 9.17) is 0 Å². The summed E-state index contributed by atoms with van der Waals surface area (Å²) in [7, 11) is 0. The van der Waals surface area contributed by atoms with Crippen LogP contribution in [0.3, 0.4) is 0 Å². The van der Waals surface area contributed by atoms with Crippen LogP contribution < -0.4 is 0 Å². The minimum atomic E-state index is -0.0452. The Balaban J connectivity index is 0. The number of rotatable bonds is 8. The van der Waals surface area contributed by atoms with Crippen molar-refractivity contribution >= 4 is 29.6 Å². The van der Waals surface area contributed by atoms with Gasteiger partial charge in [0.1, 0.15) is 0 Å². The first-order chi connectivity index (χ1) is 5.81. The second-order valence-corrected chi connectivity index (χ2v) is 3.62. The Hall–Kier alpha value is 0.960. The van der Waals surface area contributed by atoms with Gasteiger partial charge in [0.15, 0.2) is 0 Å². The molecule has 13 heavy (non-hydrogen) atoms. The summed E-state index contributed by atoms with van der Waals surface area (Å²) in [5.41, 5.74) is 0. The van der Waals surface area contributed by atoms with Crippen molar-refractivity contribution < 1.29 is 5.11 Å². The van der Waals surface area contributed by atoms with Gasteiger partial charge in [0.05, 0.1) is 6.10 Å². The molecule has 0 amide bonds.